The molecule has 3 nitrogen and oxygen atoms in total. The number of hydrogen-bond donors (Lipinski definition) is 0. The molecule has 0 saturated heterocycles. The summed E-state index contributed by atoms with van der Waals surface area (Å²) in [5.74, 6) is 0. The van der Waals surface area contributed by atoms with Gasteiger partial charge in [0.05, 0.1) is 10.2 Å². The van der Waals surface area contributed by atoms with Crippen molar-refractivity contribution in [3.63, 3.8) is 0 Å². The van der Waals surface area contributed by atoms with Gasteiger partial charge in [-0.05, 0) is 36.8 Å². The Balaban J connectivity index is 1.92. The smallest absolute Gasteiger partial charge is 0.194 e. The summed E-state index contributed by atoms with van der Waals surface area (Å²) >= 11 is 1.73. The van der Waals surface area contributed by atoms with Crippen LogP contribution in [0, 0.1) is 6.92 Å². The van der Waals surface area contributed by atoms with Gasteiger partial charge in [-0.2, -0.15) is 0 Å². The van der Waals surface area contributed by atoms with E-state index in [2.05, 4.69) is 66.1 Å². The molecule has 3 rings (SSSR count). The molecule has 0 bridgehead atoms. The van der Waals surface area contributed by atoms with Crippen molar-refractivity contribution < 1.29 is 0 Å². The zero-order valence-corrected chi connectivity index (χ0v) is 14.2. The summed E-state index contributed by atoms with van der Waals surface area (Å²) in [6.07, 6.45) is 5.94. The molecule has 0 aliphatic heterocycles. The van der Waals surface area contributed by atoms with Crippen LogP contribution in [0.1, 0.15) is 11.3 Å². The molecule has 0 unspecified atom stereocenters. The third kappa shape index (κ3) is 3.44. The Bertz CT molecular complexity index is 818. The summed E-state index contributed by atoms with van der Waals surface area (Å²) in [5.41, 5.74) is 3.55. The molecule has 0 N–H and O–H groups in total. The molecule has 0 fully saturated rings. The molecule has 0 aliphatic rings. The van der Waals surface area contributed by atoms with Crippen molar-refractivity contribution in [1.29, 1.82) is 0 Å². The van der Waals surface area contributed by atoms with Crippen molar-refractivity contribution in [2.24, 2.45) is 0 Å². The van der Waals surface area contributed by atoms with E-state index in [0.29, 0.717) is 0 Å². The highest BCUT2D eigenvalue weighted by Crippen LogP contribution is 2.27. The van der Waals surface area contributed by atoms with Gasteiger partial charge < -0.3 is 0 Å². The zero-order chi connectivity index (χ0) is 16.2. The van der Waals surface area contributed by atoms with Gasteiger partial charge in [-0.25, -0.2) is 4.98 Å². The number of aromatic nitrogens is 2. The van der Waals surface area contributed by atoms with Crippen molar-refractivity contribution in [1.82, 2.24) is 14.5 Å². The number of fused-ring (bicyclic) bond motifs is 1. The number of hydrogen-bond acceptors (Lipinski definition) is 3. The lowest BCUT2D eigenvalue weighted by atomic mass is 10.2. The molecule has 23 heavy (non-hydrogen) atoms. The average molecular weight is 323 g/mol. The molecule has 0 amide bonds. The third-order valence-corrected chi connectivity index (χ3v) is 4.75. The predicted molar refractivity (Wildman–Crippen MR) is 99.4 cm³/mol. The fraction of sp³-hybridized carbons (Fsp3) is 0.211. The van der Waals surface area contributed by atoms with Crippen molar-refractivity contribution in [2.75, 3.05) is 13.1 Å². The number of aryl methyl sites for hydroxylation is 1. The molecular weight excluding hydrogens is 302 g/mol. The molecule has 2 heterocycles. The highest BCUT2D eigenvalue weighted by Gasteiger charge is 2.11. The van der Waals surface area contributed by atoms with E-state index in [1.54, 1.807) is 11.3 Å². The first-order valence-corrected chi connectivity index (χ1v) is 8.51. The van der Waals surface area contributed by atoms with Crippen LogP contribution in [0.15, 0.2) is 61.8 Å². The Hall–Kier alpha value is -2.17. The van der Waals surface area contributed by atoms with Gasteiger partial charge in [-0.1, -0.05) is 29.6 Å². The van der Waals surface area contributed by atoms with Crippen LogP contribution >= 0.6 is 11.3 Å². The van der Waals surface area contributed by atoms with E-state index in [9.17, 15) is 0 Å². The molecule has 0 radical (unpaired) electrons. The van der Waals surface area contributed by atoms with E-state index in [4.69, 9.17) is 4.98 Å². The summed E-state index contributed by atoms with van der Waals surface area (Å²) in [4.78, 5) is 7.07. The second kappa shape index (κ2) is 6.94. The predicted octanol–water partition coefficient (Wildman–Crippen LogP) is 4.57. The third-order valence-electron chi connectivity index (χ3n) is 3.73. The van der Waals surface area contributed by atoms with E-state index < -0.39 is 0 Å². The zero-order valence-electron chi connectivity index (χ0n) is 13.4. The molecule has 3 aromatic rings. The Morgan fingerprint density at radius 2 is 2.00 bits per heavy atom. The van der Waals surface area contributed by atoms with E-state index in [-0.39, 0.29) is 0 Å². The van der Waals surface area contributed by atoms with Crippen molar-refractivity contribution >= 4 is 21.6 Å². The standard InChI is InChI=1S/C19H21N3S/c1-4-10-21(11-5-2)14-16-7-6-12-22(16)19-20-17-9-8-15(3)13-18(17)23-19/h4-9,12-13H,1-2,10-11,14H2,3H3. The van der Waals surface area contributed by atoms with E-state index >= 15 is 0 Å². The van der Waals surface area contributed by atoms with Gasteiger partial charge in [-0.15, -0.1) is 13.2 Å². The Kier molecular flexibility index (Phi) is 4.74. The summed E-state index contributed by atoms with van der Waals surface area (Å²) in [6.45, 7) is 12.3. The van der Waals surface area contributed by atoms with Crippen molar-refractivity contribution in [2.45, 2.75) is 13.5 Å². The molecule has 2 aromatic heterocycles. The first kappa shape index (κ1) is 15.7. The van der Waals surface area contributed by atoms with Crippen LogP contribution in [-0.2, 0) is 6.54 Å². The average Bonchev–Trinajstić information content (AvgIpc) is 3.13. The van der Waals surface area contributed by atoms with E-state index in [1.807, 2.05) is 12.2 Å². The van der Waals surface area contributed by atoms with Crippen molar-refractivity contribution in [3.8, 4) is 5.13 Å². The highest BCUT2D eigenvalue weighted by atomic mass is 32.1. The van der Waals surface area contributed by atoms with Crippen LogP contribution in [-0.4, -0.2) is 27.5 Å². The second-order valence-electron chi connectivity index (χ2n) is 5.61. The molecule has 0 saturated carbocycles. The SMILES string of the molecule is C=CCN(CC=C)Cc1cccn1-c1nc2ccc(C)cc2s1. The minimum Gasteiger partial charge on any atom is -0.296 e. The molecule has 0 spiro atoms. The maximum Gasteiger partial charge on any atom is 0.194 e. The monoisotopic (exact) mass is 323 g/mol. The second-order valence-corrected chi connectivity index (χ2v) is 6.62. The number of thiazole rings is 1. The maximum atomic E-state index is 4.78. The van der Waals surface area contributed by atoms with Gasteiger partial charge in [0.15, 0.2) is 5.13 Å². The van der Waals surface area contributed by atoms with Gasteiger partial charge in [0.1, 0.15) is 0 Å². The number of benzene rings is 1. The summed E-state index contributed by atoms with van der Waals surface area (Å²) in [7, 11) is 0. The first-order chi connectivity index (χ1) is 11.2. The quantitative estimate of drug-likeness (QED) is 0.594. The van der Waals surface area contributed by atoms with E-state index in [0.717, 1.165) is 30.3 Å². The van der Waals surface area contributed by atoms with Crippen molar-refractivity contribution in [3.05, 3.63) is 73.1 Å². The first-order valence-electron chi connectivity index (χ1n) is 7.69. The lowest BCUT2D eigenvalue weighted by Crippen LogP contribution is -2.24. The van der Waals surface area contributed by atoms with Crippen LogP contribution in [0.5, 0.6) is 0 Å². The highest BCUT2D eigenvalue weighted by molar-refractivity contribution is 7.20. The van der Waals surface area contributed by atoms with Gasteiger partial charge in [0.2, 0.25) is 0 Å². The largest absolute Gasteiger partial charge is 0.296 e. The fourth-order valence-corrected chi connectivity index (χ4v) is 3.73. The van der Waals surface area contributed by atoms with Gasteiger partial charge >= 0.3 is 0 Å². The normalized spacial score (nSPS) is 11.2. The maximum absolute atomic E-state index is 4.78. The van der Waals surface area contributed by atoms with Gasteiger partial charge in [0.25, 0.3) is 0 Å². The number of rotatable bonds is 7. The molecule has 1 aromatic carbocycles. The molecule has 0 aliphatic carbocycles. The van der Waals surface area contributed by atoms with Crippen LogP contribution in [0.4, 0.5) is 0 Å². The van der Waals surface area contributed by atoms with Gasteiger partial charge in [-0.3, -0.25) is 9.47 Å². The van der Waals surface area contributed by atoms with Crippen LogP contribution in [0.3, 0.4) is 0 Å². The molecule has 4 heteroatoms. The summed E-state index contributed by atoms with van der Waals surface area (Å²) < 4.78 is 3.41. The Morgan fingerprint density at radius 1 is 1.22 bits per heavy atom. The van der Waals surface area contributed by atoms with Gasteiger partial charge in [0, 0.05) is 31.5 Å². The Morgan fingerprint density at radius 3 is 2.74 bits per heavy atom. The minimum atomic E-state index is 0.843. The Labute approximate surface area is 141 Å². The van der Waals surface area contributed by atoms with E-state index in [1.165, 1.54) is 16.0 Å². The van der Waals surface area contributed by atoms with Crippen LogP contribution in [0.25, 0.3) is 15.3 Å². The fourth-order valence-electron chi connectivity index (χ4n) is 2.65. The van der Waals surface area contributed by atoms with Crippen LogP contribution < -0.4 is 0 Å². The minimum absolute atomic E-state index is 0.843. The number of nitrogens with zero attached hydrogens (tertiary/aromatic N) is 3. The summed E-state index contributed by atoms with van der Waals surface area (Å²) in [5, 5.41) is 1.02. The lowest BCUT2D eigenvalue weighted by molar-refractivity contribution is 0.322. The topological polar surface area (TPSA) is 21.1 Å². The lowest BCUT2D eigenvalue weighted by Gasteiger charge is -2.19. The summed E-state index contributed by atoms with van der Waals surface area (Å²) in [6, 6.07) is 10.6. The molecule has 0 atom stereocenters. The molecule has 118 valence electrons. The van der Waals surface area contributed by atoms with Crippen LogP contribution in [0.2, 0.25) is 0 Å². The molecular formula is C19H21N3S.